The molecule has 0 aliphatic heterocycles. The Morgan fingerprint density at radius 1 is 1.07 bits per heavy atom. The highest BCUT2D eigenvalue weighted by Crippen LogP contribution is 2.31. The highest BCUT2D eigenvalue weighted by Gasteiger charge is 2.29. The average molecular weight is 403 g/mol. The number of amides is 1. The van der Waals surface area contributed by atoms with Crippen molar-refractivity contribution in [3.8, 4) is 5.75 Å². The molecule has 7 heteroatoms. The molecule has 0 spiro atoms. The third-order valence-electron chi connectivity index (χ3n) is 4.46. The van der Waals surface area contributed by atoms with Crippen LogP contribution in [0.3, 0.4) is 0 Å². The molecule has 1 atom stereocenters. The summed E-state index contributed by atoms with van der Waals surface area (Å²) in [6.07, 6.45) is -0.694. The summed E-state index contributed by atoms with van der Waals surface area (Å²) < 4.78 is 16.3. The molecule has 0 saturated carbocycles. The number of hydrogen-bond acceptors (Lipinski definition) is 6. The maximum absolute atomic E-state index is 12.9. The molecule has 0 aliphatic rings. The van der Waals surface area contributed by atoms with E-state index in [1.807, 2.05) is 6.92 Å². The Hall–Kier alpha value is -2.83. The van der Waals surface area contributed by atoms with Crippen molar-refractivity contribution in [3.63, 3.8) is 0 Å². The molecule has 0 fully saturated rings. The number of fused-ring (bicyclic) bond motifs is 1. The second-order valence-corrected chi connectivity index (χ2v) is 8.56. The molecule has 2 aromatic rings. The molecule has 158 valence electrons. The van der Waals surface area contributed by atoms with Crippen LogP contribution in [0.5, 0.6) is 5.75 Å². The molecule has 1 heterocycles. The molecule has 0 saturated heterocycles. The van der Waals surface area contributed by atoms with Crippen LogP contribution in [0.25, 0.3) is 11.0 Å². The normalized spacial score (nSPS) is 12.7. The predicted molar refractivity (Wildman–Crippen MR) is 110 cm³/mol. The molecule has 1 aromatic heterocycles. The van der Waals surface area contributed by atoms with Crippen LogP contribution in [0.4, 0.5) is 4.79 Å². The van der Waals surface area contributed by atoms with Gasteiger partial charge in [-0.2, -0.15) is 0 Å². The van der Waals surface area contributed by atoms with E-state index in [1.165, 1.54) is 0 Å². The number of esters is 1. The number of hydrogen-bond donors (Lipinski definition) is 1. The maximum atomic E-state index is 12.9. The van der Waals surface area contributed by atoms with Gasteiger partial charge in [-0.15, -0.1) is 0 Å². The van der Waals surface area contributed by atoms with Crippen LogP contribution in [0.1, 0.15) is 51.3 Å². The van der Waals surface area contributed by atoms with Crippen LogP contribution < -0.4 is 15.7 Å². The van der Waals surface area contributed by atoms with E-state index in [1.54, 1.807) is 60.6 Å². The number of benzene rings is 1. The summed E-state index contributed by atoms with van der Waals surface area (Å²) in [5.74, 6) is -0.571. The van der Waals surface area contributed by atoms with Gasteiger partial charge in [-0.1, -0.05) is 13.8 Å². The van der Waals surface area contributed by atoms with Gasteiger partial charge in [-0.3, -0.25) is 0 Å². The van der Waals surface area contributed by atoms with Crippen LogP contribution in [0.15, 0.2) is 21.3 Å². The van der Waals surface area contributed by atoms with E-state index in [4.69, 9.17) is 13.9 Å². The molecular formula is C22H29NO6. The fourth-order valence-corrected chi connectivity index (χ4v) is 2.87. The first-order valence-electron chi connectivity index (χ1n) is 9.56. The van der Waals surface area contributed by atoms with Gasteiger partial charge in [0.05, 0.1) is 5.39 Å². The Morgan fingerprint density at radius 2 is 1.69 bits per heavy atom. The first-order chi connectivity index (χ1) is 13.3. The zero-order valence-corrected chi connectivity index (χ0v) is 18.3. The van der Waals surface area contributed by atoms with Crippen LogP contribution in [0.2, 0.25) is 0 Å². The summed E-state index contributed by atoms with van der Waals surface area (Å²) in [5, 5.41) is 3.14. The average Bonchev–Trinajstić information content (AvgIpc) is 2.55. The maximum Gasteiger partial charge on any atom is 0.408 e. The lowest BCUT2D eigenvalue weighted by atomic mass is 10.0. The minimum absolute atomic E-state index is 0.230. The second kappa shape index (κ2) is 8.27. The number of rotatable bonds is 4. The minimum atomic E-state index is -0.905. The first-order valence-corrected chi connectivity index (χ1v) is 9.56. The third-order valence-corrected chi connectivity index (χ3v) is 4.46. The fourth-order valence-electron chi connectivity index (χ4n) is 2.87. The molecule has 0 unspecified atom stereocenters. The SMILES string of the molecule is Cc1cc(OC(=O)[C@@H](NC(=O)OC(C)(C)C)C(C)C)c2c(C)c(C)c(=O)oc2c1. The van der Waals surface area contributed by atoms with E-state index in [0.29, 0.717) is 22.1 Å². The van der Waals surface area contributed by atoms with Gasteiger partial charge in [-0.05, 0) is 70.7 Å². The van der Waals surface area contributed by atoms with Crippen LogP contribution in [-0.4, -0.2) is 23.7 Å². The summed E-state index contributed by atoms with van der Waals surface area (Å²) in [7, 11) is 0. The second-order valence-electron chi connectivity index (χ2n) is 8.56. The van der Waals surface area contributed by atoms with E-state index in [-0.39, 0.29) is 11.7 Å². The highest BCUT2D eigenvalue weighted by atomic mass is 16.6. The Morgan fingerprint density at radius 3 is 2.24 bits per heavy atom. The third kappa shape index (κ3) is 5.37. The van der Waals surface area contributed by atoms with Gasteiger partial charge >= 0.3 is 17.7 Å². The molecule has 1 N–H and O–H groups in total. The molecule has 0 aliphatic carbocycles. The molecule has 2 rings (SSSR count). The van der Waals surface area contributed by atoms with Gasteiger partial charge in [0, 0.05) is 5.56 Å². The topological polar surface area (TPSA) is 94.8 Å². The number of ether oxygens (including phenoxy) is 2. The van der Waals surface area contributed by atoms with Crippen LogP contribution in [0, 0.1) is 26.7 Å². The largest absolute Gasteiger partial charge is 0.444 e. The lowest BCUT2D eigenvalue weighted by Crippen LogP contribution is -2.48. The quantitative estimate of drug-likeness (QED) is 0.468. The van der Waals surface area contributed by atoms with Crippen molar-refractivity contribution in [2.24, 2.45) is 5.92 Å². The number of aryl methyl sites for hydroxylation is 2. The van der Waals surface area contributed by atoms with Crippen LogP contribution >= 0.6 is 0 Å². The van der Waals surface area contributed by atoms with Crippen molar-refractivity contribution in [2.75, 3.05) is 0 Å². The van der Waals surface area contributed by atoms with Gasteiger partial charge in [-0.25, -0.2) is 14.4 Å². The van der Waals surface area contributed by atoms with E-state index >= 15 is 0 Å². The Labute approximate surface area is 170 Å². The molecule has 29 heavy (non-hydrogen) atoms. The summed E-state index contributed by atoms with van der Waals surface area (Å²) in [6, 6.07) is 2.52. The summed E-state index contributed by atoms with van der Waals surface area (Å²) in [5.41, 5.74) is 1.14. The van der Waals surface area contributed by atoms with Crippen molar-refractivity contribution < 1.29 is 23.5 Å². The number of nitrogens with one attached hydrogen (secondary N) is 1. The summed E-state index contributed by atoms with van der Waals surface area (Å²) in [6.45, 7) is 14.1. The van der Waals surface area contributed by atoms with E-state index < -0.39 is 29.3 Å². The lowest BCUT2D eigenvalue weighted by Gasteiger charge is -2.24. The monoisotopic (exact) mass is 403 g/mol. The smallest absolute Gasteiger partial charge is 0.408 e. The Balaban J connectivity index is 2.39. The van der Waals surface area contributed by atoms with Gasteiger partial charge in [0.1, 0.15) is 23.0 Å². The van der Waals surface area contributed by atoms with E-state index in [0.717, 1.165) is 5.56 Å². The van der Waals surface area contributed by atoms with E-state index in [2.05, 4.69) is 5.32 Å². The molecular weight excluding hydrogens is 374 g/mol. The summed E-state index contributed by atoms with van der Waals surface area (Å²) in [4.78, 5) is 37.0. The number of carbonyl (C=O) groups excluding carboxylic acids is 2. The zero-order chi connectivity index (χ0) is 22.1. The van der Waals surface area contributed by atoms with Gasteiger partial charge in [0.2, 0.25) is 0 Å². The van der Waals surface area contributed by atoms with Gasteiger partial charge < -0.3 is 19.2 Å². The molecule has 0 bridgehead atoms. The van der Waals surface area contributed by atoms with Crippen molar-refractivity contribution >= 4 is 23.0 Å². The molecule has 0 radical (unpaired) electrons. The Bertz CT molecular complexity index is 997. The number of alkyl carbamates (subject to hydrolysis) is 1. The molecule has 1 aromatic carbocycles. The first kappa shape index (κ1) is 22.5. The molecule has 1 amide bonds. The van der Waals surface area contributed by atoms with Gasteiger partial charge in [0.15, 0.2) is 0 Å². The van der Waals surface area contributed by atoms with E-state index in [9.17, 15) is 14.4 Å². The zero-order valence-electron chi connectivity index (χ0n) is 18.3. The fraction of sp³-hybridized carbons (Fsp3) is 0.500. The van der Waals surface area contributed by atoms with Gasteiger partial charge in [0.25, 0.3) is 0 Å². The molecule has 7 nitrogen and oxygen atoms in total. The van der Waals surface area contributed by atoms with Crippen molar-refractivity contribution in [1.82, 2.24) is 5.32 Å². The van der Waals surface area contributed by atoms with Crippen molar-refractivity contribution in [1.29, 1.82) is 0 Å². The van der Waals surface area contributed by atoms with Crippen LogP contribution in [-0.2, 0) is 9.53 Å². The summed E-state index contributed by atoms with van der Waals surface area (Å²) >= 11 is 0. The predicted octanol–water partition coefficient (Wildman–Crippen LogP) is 4.17. The number of carbonyl (C=O) groups is 2. The minimum Gasteiger partial charge on any atom is -0.444 e. The van der Waals surface area contributed by atoms with Crippen molar-refractivity contribution in [3.05, 3.63) is 39.2 Å². The Kier molecular flexibility index (Phi) is 6.40. The highest BCUT2D eigenvalue weighted by molar-refractivity contribution is 5.92. The van der Waals surface area contributed by atoms with Crippen molar-refractivity contribution in [2.45, 2.75) is 67.0 Å². The standard InChI is InChI=1S/C22H29NO6/c1-11(2)18(23-21(26)29-22(6,7)8)20(25)28-16-10-12(3)9-15-17(16)13(4)14(5)19(24)27-15/h9-11,18H,1-8H3,(H,23,26)/t18-/m0/s1. The lowest BCUT2D eigenvalue weighted by molar-refractivity contribution is -0.137.